The van der Waals surface area contributed by atoms with Crippen LogP contribution in [0.3, 0.4) is 0 Å². The Morgan fingerprint density at radius 1 is 1.43 bits per heavy atom. The minimum atomic E-state index is -0.620. The van der Waals surface area contributed by atoms with Crippen molar-refractivity contribution in [3.8, 4) is 0 Å². The average molecular weight is 204 g/mol. The maximum absolute atomic E-state index is 11.0. The number of isothiocyanates is 1. The van der Waals surface area contributed by atoms with Gasteiger partial charge < -0.3 is 0 Å². The van der Waals surface area contributed by atoms with Gasteiger partial charge in [0.1, 0.15) is 0 Å². The zero-order chi connectivity index (χ0) is 10.4. The lowest BCUT2D eigenvalue weighted by molar-refractivity contribution is 0.100. The van der Waals surface area contributed by atoms with Gasteiger partial charge in [-0.1, -0.05) is 0 Å². The van der Waals surface area contributed by atoms with Gasteiger partial charge in [0.2, 0.25) is 5.91 Å². The molecule has 0 saturated heterocycles. The molecule has 0 aliphatic carbocycles. The number of hydrogen-bond acceptors (Lipinski definition) is 3. The summed E-state index contributed by atoms with van der Waals surface area (Å²) in [5.74, 6) is -0.620. The normalized spacial score (nSPS) is 8.29. The van der Waals surface area contributed by atoms with Crippen LogP contribution in [-0.2, 0) is 0 Å². The summed E-state index contributed by atoms with van der Waals surface area (Å²) >= 11 is 4.41. The number of amides is 1. The third-order valence-corrected chi connectivity index (χ3v) is 1.52. The average Bonchev–Trinajstić information content (AvgIpc) is 2.20. The van der Waals surface area contributed by atoms with Crippen molar-refractivity contribution in [3.63, 3.8) is 0 Å². The molecular weight excluding hydrogens is 200 g/mol. The first-order chi connectivity index (χ1) is 6.77. The topological polar surface area (TPSA) is 78.2 Å². The van der Waals surface area contributed by atoms with E-state index in [0.29, 0.717) is 11.3 Å². The van der Waals surface area contributed by atoms with Gasteiger partial charge in [-0.15, -0.1) is 0 Å². The molecule has 0 saturated carbocycles. The van der Waals surface area contributed by atoms with E-state index in [2.05, 4.69) is 32.4 Å². The van der Waals surface area contributed by atoms with Gasteiger partial charge in [0.25, 0.3) is 0 Å². The Kier molecular flexibility index (Phi) is 3.52. The number of thiocarbonyl (C=S) groups is 1. The van der Waals surface area contributed by atoms with Crippen LogP contribution in [0, 0.1) is 0 Å². The van der Waals surface area contributed by atoms with Crippen LogP contribution in [0.4, 0.5) is 5.69 Å². The maximum atomic E-state index is 11.0. The van der Waals surface area contributed by atoms with Crippen molar-refractivity contribution < 1.29 is 4.79 Å². The molecule has 1 aromatic rings. The van der Waals surface area contributed by atoms with Crippen molar-refractivity contribution in [2.45, 2.75) is 0 Å². The second-order valence-electron chi connectivity index (χ2n) is 2.24. The van der Waals surface area contributed by atoms with Crippen LogP contribution in [0.25, 0.3) is 10.4 Å². The van der Waals surface area contributed by atoms with Gasteiger partial charge in [0.15, 0.2) is 0 Å². The zero-order valence-corrected chi connectivity index (χ0v) is 7.73. The van der Waals surface area contributed by atoms with Crippen molar-refractivity contribution in [1.29, 1.82) is 0 Å². The molecule has 1 amide bonds. The third kappa shape index (κ3) is 2.50. The number of carbonyl (C=O) groups excluding carboxylic acids is 1. The number of hydrogen-bond donors (Lipinski definition) is 0. The van der Waals surface area contributed by atoms with Crippen LogP contribution in [0.1, 0.15) is 10.4 Å². The minimum absolute atomic E-state index is 0.311. The Morgan fingerprint density at radius 2 is 2.07 bits per heavy atom. The Labute approximate surface area is 84.7 Å². The van der Waals surface area contributed by atoms with E-state index < -0.39 is 5.91 Å². The fourth-order valence-corrected chi connectivity index (χ4v) is 0.935. The molecule has 0 aliphatic rings. The summed E-state index contributed by atoms with van der Waals surface area (Å²) in [6, 6.07) is 6.17. The molecule has 0 spiro atoms. The second kappa shape index (κ2) is 4.89. The van der Waals surface area contributed by atoms with E-state index in [1.165, 1.54) is 12.1 Å². The van der Waals surface area contributed by atoms with Gasteiger partial charge in [-0.2, -0.15) is 4.99 Å². The minimum Gasteiger partial charge on any atom is -0.287 e. The van der Waals surface area contributed by atoms with Gasteiger partial charge in [-0.3, -0.25) is 4.79 Å². The van der Waals surface area contributed by atoms with Crippen molar-refractivity contribution in [2.75, 3.05) is 0 Å². The predicted molar refractivity (Wildman–Crippen MR) is 54.6 cm³/mol. The van der Waals surface area contributed by atoms with Crippen molar-refractivity contribution in [1.82, 2.24) is 0 Å². The predicted octanol–water partition coefficient (Wildman–Crippen LogP) is 2.87. The molecule has 0 fully saturated rings. The molecule has 68 valence electrons. The molecule has 0 radical (unpaired) electrons. The number of benzene rings is 1. The first-order valence-corrected chi connectivity index (χ1v) is 3.96. The molecule has 0 aliphatic heterocycles. The molecule has 0 heterocycles. The molecule has 0 atom stereocenters. The molecular formula is C8H4N4OS. The molecule has 14 heavy (non-hydrogen) atoms. The molecule has 1 aromatic carbocycles. The molecule has 6 heteroatoms. The van der Waals surface area contributed by atoms with Crippen LogP contribution in [0.15, 0.2) is 34.4 Å². The SMILES string of the molecule is [N-]=[N+]=NC(=O)c1ccc(N=C=S)cc1. The molecule has 1 rings (SSSR count). The Bertz CT molecular complexity index is 441. The zero-order valence-electron chi connectivity index (χ0n) is 6.91. The number of nitrogens with zero attached hydrogens (tertiary/aromatic N) is 4. The highest BCUT2D eigenvalue weighted by atomic mass is 32.1. The summed E-state index contributed by atoms with van der Waals surface area (Å²) in [6.07, 6.45) is 0. The Balaban J connectivity index is 2.98. The molecule has 0 N–H and O–H groups in total. The monoisotopic (exact) mass is 204 g/mol. The quantitative estimate of drug-likeness (QED) is 0.244. The molecule has 0 bridgehead atoms. The van der Waals surface area contributed by atoms with Crippen molar-refractivity contribution in [3.05, 3.63) is 40.3 Å². The van der Waals surface area contributed by atoms with Crippen molar-refractivity contribution >= 4 is 29.0 Å². The van der Waals surface area contributed by atoms with E-state index in [4.69, 9.17) is 5.53 Å². The maximum Gasteiger partial charge on any atom is 0.249 e. The first kappa shape index (κ1) is 10.1. The van der Waals surface area contributed by atoms with Gasteiger partial charge in [-0.05, 0) is 47.1 Å². The largest absolute Gasteiger partial charge is 0.287 e. The standard InChI is InChI=1S/C8H4N4OS/c9-12-11-8(13)6-1-3-7(4-2-6)10-5-14/h1-4H. The van der Waals surface area contributed by atoms with Gasteiger partial charge in [-0.25, -0.2) is 0 Å². The van der Waals surface area contributed by atoms with Crippen LogP contribution in [0.2, 0.25) is 0 Å². The first-order valence-electron chi connectivity index (χ1n) is 3.55. The lowest BCUT2D eigenvalue weighted by atomic mass is 10.2. The molecule has 0 aromatic heterocycles. The van der Waals surface area contributed by atoms with E-state index in [-0.39, 0.29) is 0 Å². The fourth-order valence-electron chi connectivity index (χ4n) is 0.830. The van der Waals surface area contributed by atoms with Crippen LogP contribution in [0.5, 0.6) is 0 Å². The van der Waals surface area contributed by atoms with E-state index in [1.807, 2.05) is 0 Å². The van der Waals surface area contributed by atoms with E-state index >= 15 is 0 Å². The van der Waals surface area contributed by atoms with E-state index in [1.54, 1.807) is 12.1 Å². The second-order valence-corrected chi connectivity index (χ2v) is 2.43. The van der Waals surface area contributed by atoms with Crippen LogP contribution in [-0.4, -0.2) is 11.1 Å². The van der Waals surface area contributed by atoms with E-state index in [0.717, 1.165) is 0 Å². The lowest BCUT2D eigenvalue weighted by Gasteiger charge is -1.93. The summed E-state index contributed by atoms with van der Waals surface area (Å²) in [5, 5.41) is 5.14. The number of carbonyl (C=O) groups is 1. The Morgan fingerprint density at radius 3 is 2.57 bits per heavy atom. The Hall–Kier alpha value is -2.00. The summed E-state index contributed by atoms with van der Waals surface area (Å²) in [7, 11) is 0. The lowest BCUT2D eigenvalue weighted by Crippen LogP contribution is -1.91. The summed E-state index contributed by atoms with van der Waals surface area (Å²) in [6.45, 7) is 0. The van der Waals surface area contributed by atoms with Gasteiger partial charge in [0, 0.05) is 10.5 Å². The number of aliphatic imine (C=N–C) groups is 1. The van der Waals surface area contributed by atoms with Crippen LogP contribution >= 0.6 is 12.2 Å². The summed E-state index contributed by atoms with van der Waals surface area (Å²) in [5.41, 5.74) is 8.94. The number of azide groups is 1. The summed E-state index contributed by atoms with van der Waals surface area (Å²) < 4.78 is 0. The van der Waals surface area contributed by atoms with Gasteiger partial charge >= 0.3 is 0 Å². The highest BCUT2D eigenvalue weighted by Gasteiger charge is 2.01. The van der Waals surface area contributed by atoms with Crippen molar-refractivity contribution in [2.24, 2.45) is 10.1 Å². The number of rotatable bonds is 2. The van der Waals surface area contributed by atoms with E-state index in [9.17, 15) is 4.79 Å². The third-order valence-electron chi connectivity index (χ3n) is 1.42. The van der Waals surface area contributed by atoms with Crippen LogP contribution < -0.4 is 0 Å². The summed E-state index contributed by atoms with van der Waals surface area (Å²) in [4.78, 5) is 17.1. The molecule has 0 unspecified atom stereocenters. The highest BCUT2D eigenvalue weighted by Crippen LogP contribution is 2.12. The highest BCUT2D eigenvalue weighted by molar-refractivity contribution is 7.78. The molecule has 5 nitrogen and oxygen atoms in total. The smallest absolute Gasteiger partial charge is 0.249 e. The van der Waals surface area contributed by atoms with Gasteiger partial charge in [0.05, 0.1) is 10.8 Å². The fraction of sp³-hybridized carbons (Fsp3) is 0.